The summed E-state index contributed by atoms with van der Waals surface area (Å²) in [6.45, 7) is 3.57. The molecule has 0 spiro atoms. The highest BCUT2D eigenvalue weighted by molar-refractivity contribution is 6.09. The van der Waals surface area contributed by atoms with Crippen molar-refractivity contribution in [2.45, 2.75) is 13.8 Å². The number of hydrogen-bond acceptors (Lipinski definition) is 3. The minimum Gasteiger partial charge on any atom is -0.460 e. The molecule has 2 aromatic carbocycles. The molecule has 3 aromatic rings. The monoisotopic (exact) mass is 352 g/mol. The maximum absolute atomic E-state index is 13.6. The Morgan fingerprint density at radius 3 is 2.42 bits per heavy atom. The molecular formula is C20H17FN2O3. The largest absolute Gasteiger partial charge is 0.460 e. The molecular weight excluding hydrogens is 335 g/mol. The van der Waals surface area contributed by atoms with Crippen LogP contribution in [0, 0.1) is 19.7 Å². The second-order valence-electron chi connectivity index (χ2n) is 5.87. The summed E-state index contributed by atoms with van der Waals surface area (Å²) in [5.74, 6) is -0.976. The van der Waals surface area contributed by atoms with E-state index in [-0.39, 0.29) is 11.3 Å². The summed E-state index contributed by atoms with van der Waals surface area (Å²) in [6, 6.07) is 12.9. The zero-order valence-electron chi connectivity index (χ0n) is 14.3. The number of amides is 2. The summed E-state index contributed by atoms with van der Waals surface area (Å²) in [5.41, 5.74) is 6.99. The number of nitrogens with one attached hydrogen (secondary N) is 1. The van der Waals surface area contributed by atoms with Gasteiger partial charge in [-0.2, -0.15) is 0 Å². The fourth-order valence-electron chi connectivity index (χ4n) is 2.68. The molecule has 0 aliphatic heterocycles. The van der Waals surface area contributed by atoms with Gasteiger partial charge in [0.2, 0.25) is 0 Å². The fraction of sp³-hybridized carbons (Fsp3) is 0.100. The maximum Gasteiger partial charge on any atom is 0.259 e. The summed E-state index contributed by atoms with van der Waals surface area (Å²) < 4.78 is 19.4. The zero-order chi connectivity index (χ0) is 18.8. The van der Waals surface area contributed by atoms with E-state index in [2.05, 4.69) is 5.32 Å². The Labute approximate surface area is 149 Å². The first-order valence-corrected chi connectivity index (χ1v) is 7.94. The molecule has 0 saturated carbocycles. The Morgan fingerprint density at radius 1 is 1.08 bits per heavy atom. The van der Waals surface area contributed by atoms with Crippen molar-refractivity contribution < 1.29 is 18.4 Å². The van der Waals surface area contributed by atoms with E-state index in [0.29, 0.717) is 22.6 Å². The van der Waals surface area contributed by atoms with Gasteiger partial charge in [-0.3, -0.25) is 9.59 Å². The lowest BCUT2D eigenvalue weighted by Crippen LogP contribution is -2.16. The van der Waals surface area contributed by atoms with E-state index in [1.54, 1.807) is 13.8 Å². The molecule has 0 radical (unpaired) electrons. The van der Waals surface area contributed by atoms with Crippen LogP contribution >= 0.6 is 0 Å². The molecule has 0 aliphatic rings. The summed E-state index contributed by atoms with van der Waals surface area (Å²) in [7, 11) is 0. The van der Waals surface area contributed by atoms with E-state index in [9.17, 15) is 14.0 Å². The van der Waals surface area contributed by atoms with Crippen molar-refractivity contribution >= 4 is 17.5 Å². The standard InChI is InChI=1S/C20H17FN2O3/c1-11-12(2)26-18(13-6-4-3-5-7-13)17(11)20(25)23-14-8-9-16(21)15(10-14)19(22)24/h3-10H,1-2H3,(H2,22,24)(H,23,25). The van der Waals surface area contributed by atoms with E-state index in [4.69, 9.17) is 10.2 Å². The van der Waals surface area contributed by atoms with Crippen LogP contribution in [0.4, 0.5) is 10.1 Å². The molecule has 26 heavy (non-hydrogen) atoms. The van der Waals surface area contributed by atoms with Crippen LogP contribution in [0.5, 0.6) is 0 Å². The van der Waals surface area contributed by atoms with Gasteiger partial charge >= 0.3 is 0 Å². The average Bonchev–Trinajstić information content (AvgIpc) is 2.92. The van der Waals surface area contributed by atoms with Crippen LogP contribution in [-0.4, -0.2) is 11.8 Å². The average molecular weight is 352 g/mol. The molecule has 5 nitrogen and oxygen atoms in total. The molecule has 1 heterocycles. The van der Waals surface area contributed by atoms with Crippen molar-refractivity contribution in [2.75, 3.05) is 5.32 Å². The number of halogens is 1. The number of carbonyl (C=O) groups is 2. The van der Waals surface area contributed by atoms with Crippen LogP contribution < -0.4 is 11.1 Å². The third-order valence-corrected chi connectivity index (χ3v) is 4.14. The lowest BCUT2D eigenvalue weighted by molar-refractivity contribution is 0.0992. The molecule has 6 heteroatoms. The van der Waals surface area contributed by atoms with Crippen LogP contribution in [0.25, 0.3) is 11.3 Å². The topological polar surface area (TPSA) is 85.3 Å². The molecule has 0 aliphatic carbocycles. The molecule has 2 amide bonds. The smallest absolute Gasteiger partial charge is 0.259 e. The second kappa shape index (κ2) is 6.84. The number of aryl methyl sites for hydroxylation is 1. The third kappa shape index (κ3) is 3.21. The summed E-state index contributed by atoms with van der Waals surface area (Å²) in [6.07, 6.45) is 0. The predicted molar refractivity (Wildman–Crippen MR) is 96.5 cm³/mol. The predicted octanol–water partition coefficient (Wildman–Crippen LogP) is 4.05. The van der Waals surface area contributed by atoms with Crippen molar-refractivity contribution in [3.63, 3.8) is 0 Å². The third-order valence-electron chi connectivity index (χ3n) is 4.14. The molecule has 0 saturated heterocycles. The van der Waals surface area contributed by atoms with Gasteiger partial charge in [0.1, 0.15) is 17.3 Å². The van der Waals surface area contributed by atoms with Crippen molar-refractivity contribution in [1.82, 2.24) is 0 Å². The van der Waals surface area contributed by atoms with Crippen LogP contribution in [0.1, 0.15) is 32.0 Å². The second-order valence-corrected chi connectivity index (χ2v) is 5.87. The SMILES string of the molecule is Cc1oc(-c2ccccc2)c(C(=O)Nc2ccc(F)c(C(N)=O)c2)c1C. The van der Waals surface area contributed by atoms with Gasteiger partial charge in [0.15, 0.2) is 0 Å². The number of benzene rings is 2. The number of hydrogen-bond donors (Lipinski definition) is 2. The molecule has 0 unspecified atom stereocenters. The number of anilines is 1. The van der Waals surface area contributed by atoms with Gasteiger partial charge < -0.3 is 15.5 Å². The number of furan rings is 1. The molecule has 0 fully saturated rings. The minimum atomic E-state index is -0.904. The number of primary amides is 1. The minimum absolute atomic E-state index is 0.266. The molecule has 0 bridgehead atoms. The zero-order valence-corrected chi connectivity index (χ0v) is 14.3. The Morgan fingerprint density at radius 2 is 1.77 bits per heavy atom. The normalized spacial score (nSPS) is 10.6. The number of carbonyl (C=O) groups excluding carboxylic acids is 2. The first kappa shape index (κ1) is 17.4. The van der Waals surface area contributed by atoms with Crippen molar-refractivity contribution in [3.05, 3.63) is 76.8 Å². The summed E-state index contributed by atoms with van der Waals surface area (Å²) >= 11 is 0. The van der Waals surface area contributed by atoms with Crippen molar-refractivity contribution in [1.29, 1.82) is 0 Å². The highest BCUT2D eigenvalue weighted by Gasteiger charge is 2.23. The summed E-state index contributed by atoms with van der Waals surface area (Å²) in [5, 5.41) is 2.67. The van der Waals surface area contributed by atoms with E-state index in [1.807, 2.05) is 30.3 Å². The Hall–Kier alpha value is -3.41. The fourth-order valence-corrected chi connectivity index (χ4v) is 2.68. The maximum atomic E-state index is 13.6. The van der Waals surface area contributed by atoms with E-state index >= 15 is 0 Å². The van der Waals surface area contributed by atoms with Crippen molar-refractivity contribution in [2.24, 2.45) is 5.73 Å². The van der Waals surface area contributed by atoms with E-state index < -0.39 is 17.6 Å². The van der Waals surface area contributed by atoms with Gasteiger partial charge in [0.05, 0.1) is 11.1 Å². The summed E-state index contributed by atoms with van der Waals surface area (Å²) in [4.78, 5) is 24.1. The number of rotatable bonds is 4. The van der Waals surface area contributed by atoms with Gasteiger partial charge in [-0.1, -0.05) is 30.3 Å². The highest BCUT2D eigenvalue weighted by atomic mass is 19.1. The van der Waals surface area contributed by atoms with Gasteiger partial charge in [-0.15, -0.1) is 0 Å². The van der Waals surface area contributed by atoms with Crippen LogP contribution in [0.15, 0.2) is 52.9 Å². The van der Waals surface area contributed by atoms with Gasteiger partial charge in [-0.05, 0) is 32.0 Å². The van der Waals surface area contributed by atoms with Crippen LogP contribution in [0.2, 0.25) is 0 Å². The van der Waals surface area contributed by atoms with Gasteiger partial charge in [-0.25, -0.2) is 4.39 Å². The quantitative estimate of drug-likeness (QED) is 0.743. The lowest BCUT2D eigenvalue weighted by atomic mass is 10.0. The molecule has 3 N–H and O–H groups in total. The molecule has 0 atom stereocenters. The Balaban J connectivity index is 1.99. The lowest BCUT2D eigenvalue weighted by Gasteiger charge is -2.08. The van der Waals surface area contributed by atoms with E-state index in [0.717, 1.165) is 11.6 Å². The van der Waals surface area contributed by atoms with E-state index in [1.165, 1.54) is 12.1 Å². The van der Waals surface area contributed by atoms with Crippen LogP contribution in [-0.2, 0) is 0 Å². The first-order chi connectivity index (χ1) is 12.4. The van der Waals surface area contributed by atoms with Crippen LogP contribution in [0.3, 0.4) is 0 Å². The number of nitrogens with two attached hydrogens (primary N) is 1. The van der Waals surface area contributed by atoms with Gasteiger partial charge in [0, 0.05) is 16.8 Å². The first-order valence-electron chi connectivity index (χ1n) is 7.94. The van der Waals surface area contributed by atoms with Crippen molar-refractivity contribution in [3.8, 4) is 11.3 Å². The molecule has 3 rings (SSSR count). The van der Waals surface area contributed by atoms with Gasteiger partial charge in [0.25, 0.3) is 11.8 Å². The Kier molecular flexibility index (Phi) is 4.58. The molecule has 1 aromatic heterocycles. The molecule has 132 valence electrons. The Bertz CT molecular complexity index is 994. The highest BCUT2D eigenvalue weighted by Crippen LogP contribution is 2.31.